The molecule has 9 heteroatoms. The Hall–Kier alpha value is -3.49. The first-order chi connectivity index (χ1) is 16.0. The lowest BCUT2D eigenvalue weighted by Gasteiger charge is -2.35. The molecule has 0 bridgehead atoms. The highest BCUT2D eigenvalue weighted by Gasteiger charge is 2.35. The highest BCUT2D eigenvalue weighted by Crippen LogP contribution is 2.32. The van der Waals surface area contributed by atoms with Crippen molar-refractivity contribution >= 4 is 17.7 Å². The lowest BCUT2D eigenvalue weighted by molar-refractivity contribution is -0.125. The number of nitrogens with one attached hydrogen (secondary N) is 2. The van der Waals surface area contributed by atoms with Crippen molar-refractivity contribution < 1.29 is 28.3 Å². The Morgan fingerprint density at radius 3 is 2.55 bits per heavy atom. The molecule has 0 aliphatic carbocycles. The molecule has 176 valence electrons. The van der Waals surface area contributed by atoms with Crippen molar-refractivity contribution in [2.24, 2.45) is 5.92 Å². The van der Waals surface area contributed by atoms with Crippen molar-refractivity contribution in [3.63, 3.8) is 0 Å². The molecule has 4 rings (SSSR count). The van der Waals surface area contributed by atoms with Crippen LogP contribution in [0.4, 0.5) is 0 Å². The van der Waals surface area contributed by atoms with Crippen LogP contribution in [0.3, 0.4) is 0 Å². The van der Waals surface area contributed by atoms with Gasteiger partial charge < -0.3 is 29.4 Å². The van der Waals surface area contributed by atoms with Gasteiger partial charge in [0.2, 0.25) is 12.7 Å². The minimum absolute atomic E-state index is 0.0111. The van der Waals surface area contributed by atoms with Gasteiger partial charge in [0, 0.05) is 24.7 Å². The van der Waals surface area contributed by atoms with E-state index in [-0.39, 0.29) is 36.5 Å². The monoisotopic (exact) mass is 455 g/mol. The van der Waals surface area contributed by atoms with Gasteiger partial charge in [-0.15, -0.1) is 0 Å². The molecule has 0 radical (unpaired) electrons. The first-order valence-corrected chi connectivity index (χ1v) is 11.3. The van der Waals surface area contributed by atoms with Gasteiger partial charge in [0.05, 0.1) is 6.26 Å². The van der Waals surface area contributed by atoms with Gasteiger partial charge in [-0.05, 0) is 62.4 Å². The summed E-state index contributed by atoms with van der Waals surface area (Å²) < 4.78 is 15.9. The second-order valence-electron chi connectivity index (χ2n) is 8.44. The van der Waals surface area contributed by atoms with Crippen LogP contribution in [0.15, 0.2) is 41.0 Å². The van der Waals surface area contributed by atoms with E-state index in [1.807, 2.05) is 13.8 Å². The number of rotatable bonds is 7. The van der Waals surface area contributed by atoms with Crippen molar-refractivity contribution in [2.75, 3.05) is 19.9 Å². The standard InChI is InChI=1S/C24H29N3O6/c1-3-15(2)25-23(29)21(26-22(28)17-6-7-18-20(13-17)33-14-32-18)16-8-10-27(11-9-16)24(30)19-5-4-12-31-19/h4-7,12-13,15-16,21H,3,8-11,14H2,1-2H3,(H,25,29)(H,26,28)/t15-,21-/m1/s1. The molecule has 2 N–H and O–H groups in total. The fourth-order valence-corrected chi connectivity index (χ4v) is 4.09. The van der Waals surface area contributed by atoms with Crippen LogP contribution in [-0.4, -0.2) is 54.6 Å². The second-order valence-corrected chi connectivity index (χ2v) is 8.44. The van der Waals surface area contributed by atoms with E-state index in [2.05, 4.69) is 10.6 Å². The maximum Gasteiger partial charge on any atom is 0.289 e. The molecule has 33 heavy (non-hydrogen) atoms. The number of hydrogen-bond donors (Lipinski definition) is 2. The fourth-order valence-electron chi connectivity index (χ4n) is 4.09. The van der Waals surface area contributed by atoms with E-state index in [4.69, 9.17) is 13.9 Å². The number of carbonyl (C=O) groups is 3. The topological polar surface area (TPSA) is 110 Å². The minimum Gasteiger partial charge on any atom is -0.459 e. The van der Waals surface area contributed by atoms with Crippen LogP contribution in [0, 0.1) is 5.92 Å². The summed E-state index contributed by atoms with van der Waals surface area (Å²) in [5.74, 6) is 0.562. The van der Waals surface area contributed by atoms with Crippen LogP contribution in [0.5, 0.6) is 11.5 Å². The predicted molar refractivity (Wildman–Crippen MR) is 119 cm³/mol. The lowest BCUT2D eigenvalue weighted by atomic mass is 9.88. The highest BCUT2D eigenvalue weighted by atomic mass is 16.7. The zero-order valence-electron chi connectivity index (χ0n) is 18.8. The summed E-state index contributed by atoms with van der Waals surface area (Å²) in [5.41, 5.74) is 0.394. The predicted octanol–water partition coefficient (Wildman–Crippen LogP) is 2.57. The zero-order valence-corrected chi connectivity index (χ0v) is 18.8. The summed E-state index contributed by atoms with van der Waals surface area (Å²) in [6, 6.07) is 7.55. The average molecular weight is 456 g/mol. The van der Waals surface area contributed by atoms with Gasteiger partial charge in [0.25, 0.3) is 11.8 Å². The number of carbonyl (C=O) groups excluding carboxylic acids is 3. The molecule has 0 spiro atoms. The number of fused-ring (bicyclic) bond motifs is 1. The second kappa shape index (κ2) is 9.97. The quantitative estimate of drug-likeness (QED) is 0.664. The molecule has 1 saturated heterocycles. The molecule has 1 aromatic carbocycles. The van der Waals surface area contributed by atoms with E-state index < -0.39 is 6.04 Å². The maximum atomic E-state index is 13.1. The average Bonchev–Trinajstić information content (AvgIpc) is 3.53. The number of piperidine rings is 1. The normalized spacial score (nSPS) is 17.3. The smallest absolute Gasteiger partial charge is 0.289 e. The summed E-state index contributed by atoms with van der Waals surface area (Å²) >= 11 is 0. The van der Waals surface area contributed by atoms with Gasteiger partial charge in [-0.25, -0.2) is 0 Å². The Morgan fingerprint density at radius 2 is 1.85 bits per heavy atom. The van der Waals surface area contributed by atoms with E-state index in [1.54, 1.807) is 35.2 Å². The molecule has 2 atom stereocenters. The van der Waals surface area contributed by atoms with Crippen molar-refractivity contribution in [3.05, 3.63) is 47.9 Å². The number of amides is 3. The van der Waals surface area contributed by atoms with Crippen molar-refractivity contribution in [1.29, 1.82) is 0 Å². The molecule has 0 unspecified atom stereocenters. The Bertz CT molecular complexity index is 998. The summed E-state index contributed by atoms with van der Waals surface area (Å²) in [4.78, 5) is 40.4. The summed E-state index contributed by atoms with van der Waals surface area (Å²) in [7, 11) is 0. The van der Waals surface area contributed by atoms with Gasteiger partial charge in [-0.2, -0.15) is 0 Å². The third-order valence-electron chi connectivity index (χ3n) is 6.24. The minimum atomic E-state index is -0.710. The maximum absolute atomic E-state index is 13.1. The van der Waals surface area contributed by atoms with Gasteiger partial charge in [0.15, 0.2) is 17.3 Å². The third kappa shape index (κ3) is 5.13. The largest absolute Gasteiger partial charge is 0.459 e. The van der Waals surface area contributed by atoms with Crippen LogP contribution in [0.25, 0.3) is 0 Å². The van der Waals surface area contributed by atoms with Gasteiger partial charge in [-0.3, -0.25) is 14.4 Å². The number of ether oxygens (including phenoxy) is 2. The first kappa shape index (κ1) is 22.7. The zero-order chi connectivity index (χ0) is 23.4. The number of benzene rings is 1. The summed E-state index contributed by atoms with van der Waals surface area (Å²) in [5, 5.41) is 5.91. The molecular weight excluding hydrogens is 426 g/mol. The van der Waals surface area contributed by atoms with Gasteiger partial charge in [-0.1, -0.05) is 6.92 Å². The molecule has 3 amide bonds. The van der Waals surface area contributed by atoms with Crippen molar-refractivity contribution in [3.8, 4) is 11.5 Å². The summed E-state index contributed by atoms with van der Waals surface area (Å²) in [6.07, 6.45) is 3.44. The van der Waals surface area contributed by atoms with E-state index in [9.17, 15) is 14.4 Å². The molecule has 0 saturated carbocycles. The fraction of sp³-hybridized carbons (Fsp3) is 0.458. The molecule has 2 aliphatic rings. The van der Waals surface area contributed by atoms with E-state index in [0.717, 1.165) is 6.42 Å². The molecular formula is C24H29N3O6. The Kier molecular flexibility index (Phi) is 6.86. The number of likely N-dealkylation sites (tertiary alicyclic amines) is 1. The number of hydrogen-bond acceptors (Lipinski definition) is 6. The van der Waals surface area contributed by atoms with E-state index in [1.165, 1.54) is 6.26 Å². The van der Waals surface area contributed by atoms with Crippen LogP contribution in [0.1, 0.15) is 54.0 Å². The molecule has 3 heterocycles. The number of nitrogens with zero attached hydrogens (tertiary/aromatic N) is 1. The third-order valence-corrected chi connectivity index (χ3v) is 6.24. The van der Waals surface area contributed by atoms with Gasteiger partial charge >= 0.3 is 0 Å². The summed E-state index contributed by atoms with van der Waals surface area (Å²) in [6.45, 7) is 5.01. The van der Waals surface area contributed by atoms with Crippen LogP contribution < -0.4 is 20.1 Å². The van der Waals surface area contributed by atoms with Gasteiger partial charge in [0.1, 0.15) is 6.04 Å². The van der Waals surface area contributed by atoms with E-state index in [0.29, 0.717) is 48.8 Å². The Balaban J connectivity index is 1.45. The Morgan fingerprint density at radius 1 is 1.09 bits per heavy atom. The SMILES string of the molecule is CC[C@@H](C)NC(=O)[C@H](NC(=O)c1ccc2c(c1)OCO2)C1CCN(C(=O)c2ccco2)CC1. The van der Waals surface area contributed by atoms with Crippen molar-refractivity contribution in [1.82, 2.24) is 15.5 Å². The molecule has 1 fully saturated rings. The lowest BCUT2D eigenvalue weighted by Crippen LogP contribution is -2.55. The van der Waals surface area contributed by atoms with Crippen molar-refractivity contribution in [2.45, 2.75) is 45.2 Å². The molecule has 1 aromatic heterocycles. The highest BCUT2D eigenvalue weighted by molar-refractivity contribution is 5.98. The molecule has 2 aromatic rings. The first-order valence-electron chi connectivity index (χ1n) is 11.3. The van der Waals surface area contributed by atoms with Crippen LogP contribution >= 0.6 is 0 Å². The van der Waals surface area contributed by atoms with Crippen LogP contribution in [-0.2, 0) is 4.79 Å². The Labute approximate surface area is 192 Å². The van der Waals surface area contributed by atoms with Crippen LogP contribution in [0.2, 0.25) is 0 Å². The number of furan rings is 1. The molecule has 9 nitrogen and oxygen atoms in total. The van der Waals surface area contributed by atoms with E-state index >= 15 is 0 Å². The molecule has 2 aliphatic heterocycles.